The highest BCUT2D eigenvalue weighted by molar-refractivity contribution is 5.32. The molecule has 0 bridgehead atoms. The molecular formula is C19H19F2N. The van der Waals surface area contributed by atoms with Gasteiger partial charge in [0, 0.05) is 13.1 Å². The standard InChI is InChI=1S/C19H19F2N/c1-14-10-12-22(13-11-14)19(15-2-6-17(20)7-3-15)16-4-8-18(21)9-5-16/h2-9,19H,1,10-13H2. The molecule has 1 heterocycles. The molecule has 0 amide bonds. The van der Waals surface area contributed by atoms with Gasteiger partial charge in [-0.3, -0.25) is 4.90 Å². The van der Waals surface area contributed by atoms with Crippen molar-refractivity contribution in [3.05, 3.63) is 83.4 Å². The number of rotatable bonds is 3. The number of benzene rings is 2. The number of hydrogen-bond donors (Lipinski definition) is 0. The van der Waals surface area contributed by atoms with Crippen LogP contribution in [0.2, 0.25) is 0 Å². The van der Waals surface area contributed by atoms with Gasteiger partial charge in [0.05, 0.1) is 6.04 Å². The average Bonchev–Trinajstić information content (AvgIpc) is 2.53. The third-order valence-electron chi connectivity index (χ3n) is 4.24. The smallest absolute Gasteiger partial charge is 0.123 e. The molecule has 1 saturated heterocycles. The van der Waals surface area contributed by atoms with Gasteiger partial charge in [0.15, 0.2) is 0 Å². The number of hydrogen-bond acceptors (Lipinski definition) is 1. The molecule has 1 aliphatic heterocycles. The molecule has 22 heavy (non-hydrogen) atoms. The van der Waals surface area contributed by atoms with Crippen LogP contribution in [0.4, 0.5) is 8.78 Å². The van der Waals surface area contributed by atoms with Crippen LogP contribution in [0.15, 0.2) is 60.7 Å². The van der Waals surface area contributed by atoms with E-state index in [1.54, 1.807) is 0 Å². The number of piperidine rings is 1. The summed E-state index contributed by atoms with van der Waals surface area (Å²) in [5.41, 5.74) is 3.33. The van der Waals surface area contributed by atoms with Crippen molar-refractivity contribution in [1.82, 2.24) is 4.90 Å². The van der Waals surface area contributed by atoms with Crippen molar-refractivity contribution in [2.45, 2.75) is 18.9 Å². The van der Waals surface area contributed by atoms with E-state index < -0.39 is 0 Å². The molecule has 0 radical (unpaired) electrons. The maximum absolute atomic E-state index is 13.2. The monoisotopic (exact) mass is 299 g/mol. The van der Waals surface area contributed by atoms with Gasteiger partial charge in [-0.25, -0.2) is 8.78 Å². The summed E-state index contributed by atoms with van der Waals surface area (Å²) < 4.78 is 26.4. The van der Waals surface area contributed by atoms with Gasteiger partial charge in [-0.05, 0) is 48.2 Å². The molecule has 0 saturated carbocycles. The molecule has 2 aromatic rings. The summed E-state index contributed by atoms with van der Waals surface area (Å²) in [7, 11) is 0. The van der Waals surface area contributed by atoms with Crippen molar-refractivity contribution in [1.29, 1.82) is 0 Å². The zero-order valence-electron chi connectivity index (χ0n) is 12.4. The molecule has 0 aromatic heterocycles. The Morgan fingerprint density at radius 1 is 0.773 bits per heavy atom. The van der Waals surface area contributed by atoms with Crippen LogP contribution in [0.1, 0.15) is 30.0 Å². The zero-order chi connectivity index (χ0) is 15.5. The van der Waals surface area contributed by atoms with Crippen LogP contribution < -0.4 is 0 Å². The van der Waals surface area contributed by atoms with Crippen molar-refractivity contribution in [3.8, 4) is 0 Å². The van der Waals surface area contributed by atoms with Crippen molar-refractivity contribution in [2.75, 3.05) is 13.1 Å². The Morgan fingerprint density at radius 2 is 1.18 bits per heavy atom. The van der Waals surface area contributed by atoms with Crippen molar-refractivity contribution >= 4 is 0 Å². The minimum absolute atomic E-state index is 0.0225. The van der Waals surface area contributed by atoms with E-state index in [9.17, 15) is 8.78 Å². The molecular weight excluding hydrogens is 280 g/mol. The predicted molar refractivity (Wildman–Crippen MR) is 84.6 cm³/mol. The Labute approximate surface area is 129 Å². The van der Waals surface area contributed by atoms with Crippen molar-refractivity contribution in [2.24, 2.45) is 0 Å². The van der Waals surface area contributed by atoms with Crippen LogP contribution in [-0.4, -0.2) is 18.0 Å². The fourth-order valence-corrected chi connectivity index (χ4v) is 3.00. The highest BCUT2D eigenvalue weighted by Crippen LogP contribution is 2.32. The largest absolute Gasteiger partial charge is 0.292 e. The van der Waals surface area contributed by atoms with E-state index >= 15 is 0 Å². The van der Waals surface area contributed by atoms with Gasteiger partial charge >= 0.3 is 0 Å². The van der Waals surface area contributed by atoms with E-state index in [1.165, 1.54) is 29.8 Å². The lowest BCUT2D eigenvalue weighted by Gasteiger charge is -2.36. The molecule has 0 aliphatic carbocycles. The first kappa shape index (κ1) is 14.9. The van der Waals surface area contributed by atoms with Crippen molar-refractivity contribution < 1.29 is 8.78 Å². The number of nitrogens with zero attached hydrogens (tertiary/aromatic N) is 1. The molecule has 114 valence electrons. The first-order chi connectivity index (χ1) is 10.6. The average molecular weight is 299 g/mol. The van der Waals surface area contributed by atoms with Crippen LogP contribution in [0, 0.1) is 11.6 Å². The summed E-state index contributed by atoms with van der Waals surface area (Å²) in [6.07, 6.45) is 1.94. The first-order valence-corrected chi connectivity index (χ1v) is 7.55. The molecule has 0 spiro atoms. The Morgan fingerprint density at radius 3 is 1.59 bits per heavy atom. The second kappa shape index (κ2) is 6.41. The third kappa shape index (κ3) is 3.25. The molecule has 0 atom stereocenters. The minimum atomic E-state index is -0.242. The predicted octanol–water partition coefficient (Wildman–Crippen LogP) is 4.71. The Bertz CT molecular complexity index is 591. The van der Waals surface area contributed by atoms with Gasteiger partial charge in [-0.1, -0.05) is 36.4 Å². The normalized spacial score (nSPS) is 16.2. The van der Waals surface area contributed by atoms with Gasteiger partial charge in [-0.2, -0.15) is 0 Å². The second-order valence-electron chi connectivity index (χ2n) is 5.79. The summed E-state index contributed by atoms with van der Waals surface area (Å²) in [4.78, 5) is 2.36. The molecule has 1 fully saturated rings. The minimum Gasteiger partial charge on any atom is -0.292 e. The molecule has 2 aromatic carbocycles. The molecule has 1 nitrogen and oxygen atoms in total. The SMILES string of the molecule is C=C1CCN(C(c2ccc(F)cc2)c2ccc(F)cc2)CC1. The molecule has 3 rings (SSSR count). The fraction of sp³-hybridized carbons (Fsp3) is 0.263. The second-order valence-corrected chi connectivity index (χ2v) is 5.79. The molecule has 0 unspecified atom stereocenters. The zero-order valence-corrected chi connectivity index (χ0v) is 12.4. The Balaban J connectivity index is 1.96. The topological polar surface area (TPSA) is 3.24 Å². The van der Waals surface area contributed by atoms with Crippen LogP contribution in [0.3, 0.4) is 0 Å². The summed E-state index contributed by atoms with van der Waals surface area (Å²) >= 11 is 0. The van der Waals surface area contributed by atoms with E-state index in [1.807, 2.05) is 24.3 Å². The van der Waals surface area contributed by atoms with E-state index in [2.05, 4.69) is 11.5 Å². The number of halogens is 2. The summed E-state index contributed by atoms with van der Waals surface area (Å²) in [6.45, 7) is 5.88. The highest BCUT2D eigenvalue weighted by Gasteiger charge is 2.24. The lowest BCUT2D eigenvalue weighted by molar-refractivity contribution is 0.210. The van der Waals surface area contributed by atoms with Gasteiger partial charge in [0.2, 0.25) is 0 Å². The van der Waals surface area contributed by atoms with E-state index in [0.29, 0.717) is 0 Å². The first-order valence-electron chi connectivity index (χ1n) is 7.55. The quantitative estimate of drug-likeness (QED) is 0.742. The lowest BCUT2D eigenvalue weighted by atomic mass is 9.94. The molecule has 1 aliphatic rings. The van der Waals surface area contributed by atoms with Crippen molar-refractivity contribution in [3.63, 3.8) is 0 Å². The summed E-state index contributed by atoms with van der Waals surface area (Å²) in [5.74, 6) is -0.484. The fourth-order valence-electron chi connectivity index (χ4n) is 3.00. The van der Waals surface area contributed by atoms with Gasteiger partial charge < -0.3 is 0 Å². The summed E-state index contributed by atoms with van der Waals surface area (Å²) in [6, 6.07) is 13.2. The van der Waals surface area contributed by atoms with Gasteiger partial charge in [0.1, 0.15) is 11.6 Å². The Kier molecular flexibility index (Phi) is 4.34. The van der Waals surface area contributed by atoms with E-state index in [0.717, 1.165) is 37.1 Å². The Hall–Kier alpha value is -2.00. The van der Waals surface area contributed by atoms with Gasteiger partial charge in [-0.15, -0.1) is 0 Å². The third-order valence-corrected chi connectivity index (χ3v) is 4.24. The van der Waals surface area contributed by atoms with Crippen LogP contribution in [0.25, 0.3) is 0 Å². The lowest BCUT2D eigenvalue weighted by Crippen LogP contribution is -2.35. The van der Waals surface area contributed by atoms with E-state index in [-0.39, 0.29) is 17.7 Å². The number of likely N-dealkylation sites (tertiary alicyclic amines) is 1. The highest BCUT2D eigenvalue weighted by atomic mass is 19.1. The summed E-state index contributed by atoms with van der Waals surface area (Å²) in [5, 5.41) is 0. The molecule has 0 N–H and O–H groups in total. The van der Waals surface area contributed by atoms with Gasteiger partial charge in [0.25, 0.3) is 0 Å². The molecule has 3 heteroatoms. The maximum atomic E-state index is 13.2. The van der Waals surface area contributed by atoms with Crippen LogP contribution >= 0.6 is 0 Å². The van der Waals surface area contributed by atoms with Crippen LogP contribution in [-0.2, 0) is 0 Å². The maximum Gasteiger partial charge on any atom is 0.123 e. The van der Waals surface area contributed by atoms with Crippen LogP contribution in [0.5, 0.6) is 0 Å². The van der Waals surface area contributed by atoms with E-state index in [4.69, 9.17) is 0 Å².